The number of para-hydroxylation sites is 8. The maximum absolute atomic E-state index is 5.30. The Bertz CT molecular complexity index is 3060. The van der Waals surface area contributed by atoms with E-state index in [2.05, 4.69) is 205 Å². The number of rotatable bonds is 4. The molecular weight excluding hydrogens is 718 g/mol. The van der Waals surface area contributed by atoms with Crippen LogP contribution in [0.3, 0.4) is 0 Å². The van der Waals surface area contributed by atoms with Crippen molar-refractivity contribution in [3.63, 3.8) is 0 Å². The second kappa shape index (κ2) is 11.6. The second-order valence-corrected chi connectivity index (χ2v) is 15.7. The first kappa shape index (κ1) is 31.0. The van der Waals surface area contributed by atoms with E-state index in [0.717, 1.165) is 50.0 Å². The Morgan fingerprint density at radius 1 is 0.368 bits per heavy atom. The van der Waals surface area contributed by atoms with E-state index >= 15 is 0 Å². The van der Waals surface area contributed by atoms with Crippen LogP contribution in [0.2, 0.25) is 0 Å². The Kier molecular flexibility index (Phi) is 6.34. The van der Waals surface area contributed by atoms with E-state index in [1.54, 1.807) is 11.3 Å². The van der Waals surface area contributed by atoms with Crippen LogP contribution in [0.25, 0.3) is 20.3 Å². The van der Waals surface area contributed by atoms with Gasteiger partial charge in [0.1, 0.15) is 4.83 Å². The summed E-state index contributed by atoms with van der Waals surface area (Å²) in [4.78, 5) is 26.1. The zero-order chi connectivity index (χ0) is 37.2. The maximum Gasteiger partial charge on any atom is 0.521 e. The Morgan fingerprint density at radius 2 is 0.825 bits per heavy atom. The first-order valence-corrected chi connectivity index (χ1v) is 20.0. The first-order valence-electron chi connectivity index (χ1n) is 19.2. The van der Waals surface area contributed by atoms with Gasteiger partial charge in [0.25, 0.3) is 0 Å². The number of hydrogen-bond acceptors (Lipinski definition) is 9. The van der Waals surface area contributed by atoms with Gasteiger partial charge in [0.05, 0.1) is 45.5 Å². The molecule has 0 amide bonds. The topological polar surface area (TPSA) is 45.2 Å². The summed E-state index contributed by atoms with van der Waals surface area (Å²) in [6, 6.07) is 63.1. The van der Waals surface area contributed by atoms with Crippen molar-refractivity contribution in [1.29, 1.82) is 0 Å². The number of aromatic nitrogens is 2. The van der Waals surface area contributed by atoms with Crippen LogP contribution in [0, 0.1) is 0 Å². The Hall–Kier alpha value is -7.23. The minimum Gasteiger partial charge on any atom is -0.344 e. The molecule has 11 heteroatoms. The molecule has 0 bridgehead atoms. The summed E-state index contributed by atoms with van der Waals surface area (Å²) in [6.45, 7) is 0. The largest absolute Gasteiger partial charge is 0.521 e. The molecule has 0 atom stereocenters. The predicted molar refractivity (Wildman–Crippen MR) is 238 cm³/mol. The SMILES string of the molecule is c1ccc(N2B3N(c4ccc5c(c4)N4B(N5c5ccccc5)N(c5ncc6c(n5)sc5ccccc56)c5ccccc54)c4ccccc4N3c3ccccc32)cc1. The third kappa shape index (κ3) is 4.23. The number of anilines is 12. The van der Waals surface area contributed by atoms with Gasteiger partial charge >= 0.3 is 14.2 Å². The summed E-state index contributed by atoms with van der Waals surface area (Å²) in [7, 11) is -0.424. The molecule has 4 aliphatic heterocycles. The number of benzene rings is 7. The third-order valence-corrected chi connectivity index (χ3v) is 12.8. The van der Waals surface area contributed by atoms with Crippen molar-refractivity contribution >= 4 is 114 Å². The molecule has 0 fully saturated rings. The normalized spacial score (nSPS) is 14.7. The smallest absolute Gasteiger partial charge is 0.344 e. The molecule has 13 rings (SSSR count). The fourth-order valence-electron chi connectivity index (χ4n) is 9.44. The fraction of sp³-hybridized carbons (Fsp3) is 0. The quantitative estimate of drug-likeness (QED) is 0.165. The number of fused-ring (bicyclic) bond motifs is 13. The molecule has 0 saturated heterocycles. The first-order chi connectivity index (χ1) is 28.3. The van der Waals surface area contributed by atoms with Crippen molar-refractivity contribution in [2.24, 2.45) is 0 Å². The van der Waals surface area contributed by atoms with Gasteiger partial charge in [-0.3, -0.25) is 0 Å². The van der Waals surface area contributed by atoms with Crippen LogP contribution < -0.4 is 28.9 Å². The average Bonchev–Trinajstić information content (AvgIpc) is 4.06. The van der Waals surface area contributed by atoms with Crippen molar-refractivity contribution in [3.8, 4) is 0 Å². The summed E-state index contributed by atoms with van der Waals surface area (Å²) in [5.74, 6) is 0.675. The lowest BCUT2D eigenvalue weighted by Gasteiger charge is -2.32. The second-order valence-electron chi connectivity index (χ2n) is 14.7. The molecule has 6 heterocycles. The Morgan fingerprint density at radius 3 is 1.44 bits per heavy atom. The highest BCUT2D eigenvalue weighted by Crippen LogP contribution is 2.59. The van der Waals surface area contributed by atoms with Gasteiger partial charge in [-0.1, -0.05) is 91.0 Å². The lowest BCUT2D eigenvalue weighted by atomic mass is 9.86. The molecular formula is C46H30B2N8S. The van der Waals surface area contributed by atoms with E-state index in [0.29, 0.717) is 5.95 Å². The number of nitrogens with zero attached hydrogens (tertiary/aromatic N) is 8. The zero-order valence-corrected chi connectivity index (χ0v) is 31.3. The summed E-state index contributed by atoms with van der Waals surface area (Å²) in [5, 5.41) is 2.28. The van der Waals surface area contributed by atoms with Crippen molar-refractivity contribution in [3.05, 3.63) is 182 Å². The molecule has 0 saturated carbocycles. The molecule has 0 N–H and O–H groups in total. The summed E-state index contributed by atoms with van der Waals surface area (Å²) in [5.41, 5.74) is 12.5. The van der Waals surface area contributed by atoms with Crippen LogP contribution in [0.15, 0.2) is 182 Å². The molecule has 8 nitrogen and oxygen atoms in total. The Balaban J connectivity index is 1.01. The minimum absolute atomic E-state index is 0.147. The monoisotopic (exact) mass is 748 g/mol. The molecule has 57 heavy (non-hydrogen) atoms. The van der Waals surface area contributed by atoms with Gasteiger partial charge in [-0.15, -0.1) is 11.3 Å². The van der Waals surface area contributed by atoms with Crippen molar-refractivity contribution < 1.29 is 0 Å². The summed E-state index contributed by atoms with van der Waals surface area (Å²) in [6.07, 6.45) is 2.00. The highest BCUT2D eigenvalue weighted by Gasteiger charge is 2.56. The lowest BCUT2D eigenvalue weighted by Crippen LogP contribution is -2.52. The van der Waals surface area contributed by atoms with Crippen LogP contribution in [-0.4, -0.2) is 24.2 Å². The summed E-state index contributed by atoms with van der Waals surface area (Å²) < 4.78 is 1.22. The van der Waals surface area contributed by atoms with Crippen LogP contribution >= 0.6 is 11.3 Å². The van der Waals surface area contributed by atoms with Gasteiger partial charge < -0.3 is 28.9 Å². The van der Waals surface area contributed by atoms with Crippen LogP contribution in [0.1, 0.15) is 0 Å². The highest BCUT2D eigenvalue weighted by molar-refractivity contribution is 7.25. The van der Waals surface area contributed by atoms with E-state index in [-0.39, 0.29) is 14.2 Å². The van der Waals surface area contributed by atoms with Crippen LogP contribution in [-0.2, 0) is 0 Å². The van der Waals surface area contributed by atoms with Crippen molar-refractivity contribution in [2.45, 2.75) is 0 Å². The lowest BCUT2D eigenvalue weighted by molar-refractivity contribution is 1.15. The van der Waals surface area contributed by atoms with Crippen molar-refractivity contribution in [1.82, 2.24) is 9.97 Å². The standard InChI is InChI=1S/C46H30B2N8S/c1-3-15-31(16-4-1)51-36-20-8-10-22-38(36)54-39-23-11-9-21-37(39)53(47(51)54)33-27-28-42-43(29-33)55-40-24-12-13-25-41(40)56(48(55)52(42)32-17-5-2-6-18-32)46-49-30-35-34-19-7-14-26-44(34)57-45(35)50-46/h1-30H. The van der Waals surface area contributed by atoms with E-state index < -0.39 is 0 Å². The molecule has 9 aromatic rings. The molecule has 0 unspecified atom stereocenters. The van der Waals surface area contributed by atoms with Gasteiger partial charge in [0, 0.05) is 38.7 Å². The number of thiophene rings is 1. The van der Waals surface area contributed by atoms with Gasteiger partial charge in [-0.25, -0.2) is 9.97 Å². The molecule has 4 aliphatic rings. The van der Waals surface area contributed by atoms with Gasteiger partial charge in [-0.2, -0.15) is 0 Å². The van der Waals surface area contributed by atoms with Crippen LogP contribution in [0.5, 0.6) is 0 Å². The van der Waals surface area contributed by atoms with E-state index in [9.17, 15) is 0 Å². The van der Waals surface area contributed by atoms with Gasteiger partial charge in [0.15, 0.2) is 0 Å². The highest BCUT2D eigenvalue weighted by atomic mass is 32.1. The van der Waals surface area contributed by atoms with Gasteiger partial charge in [-0.05, 0) is 84.9 Å². The molecule has 7 aromatic carbocycles. The van der Waals surface area contributed by atoms with Crippen LogP contribution in [0.4, 0.5) is 68.5 Å². The Labute approximate surface area is 334 Å². The van der Waals surface area contributed by atoms with Gasteiger partial charge in [0.2, 0.25) is 5.95 Å². The molecule has 2 aromatic heterocycles. The summed E-state index contributed by atoms with van der Waals surface area (Å²) >= 11 is 1.72. The molecule has 0 aliphatic carbocycles. The third-order valence-electron chi connectivity index (χ3n) is 11.8. The molecule has 0 spiro atoms. The average molecular weight is 748 g/mol. The molecule has 0 radical (unpaired) electrons. The van der Waals surface area contributed by atoms with E-state index in [4.69, 9.17) is 9.97 Å². The number of hydrogen-bond donors (Lipinski definition) is 0. The van der Waals surface area contributed by atoms with E-state index in [1.165, 1.54) is 32.8 Å². The van der Waals surface area contributed by atoms with E-state index in [1.807, 2.05) is 6.20 Å². The van der Waals surface area contributed by atoms with Crippen molar-refractivity contribution in [2.75, 3.05) is 28.9 Å². The fourth-order valence-corrected chi connectivity index (χ4v) is 10.5. The maximum atomic E-state index is 5.30. The molecule has 266 valence electrons. The zero-order valence-electron chi connectivity index (χ0n) is 30.5. The predicted octanol–water partition coefficient (Wildman–Crippen LogP) is 11.7. The minimum atomic E-state index is -0.277.